The molecule has 0 spiro atoms. The van der Waals surface area contributed by atoms with Crippen LogP contribution in [0.2, 0.25) is 0 Å². The first kappa shape index (κ1) is 25.1. The number of aromatic nitrogens is 2. The largest absolute Gasteiger partial charge is 0.463 e. The topological polar surface area (TPSA) is 143 Å². The molecule has 2 aliphatic heterocycles. The van der Waals surface area contributed by atoms with Gasteiger partial charge >= 0.3 is 17.9 Å². The molecule has 1 saturated heterocycles. The van der Waals surface area contributed by atoms with Crippen molar-refractivity contribution in [2.75, 3.05) is 11.5 Å². The van der Waals surface area contributed by atoms with E-state index >= 15 is 0 Å². The van der Waals surface area contributed by atoms with E-state index in [1.165, 1.54) is 25.5 Å². The number of carbonyl (C=O) groups excluding carboxylic acids is 5. The van der Waals surface area contributed by atoms with E-state index in [0.29, 0.717) is 10.9 Å². The summed E-state index contributed by atoms with van der Waals surface area (Å²) in [5.41, 5.74) is 0.959. The minimum atomic E-state index is -1.18. The van der Waals surface area contributed by atoms with Gasteiger partial charge in [-0.15, -0.1) is 0 Å². The second-order valence-corrected chi connectivity index (χ2v) is 8.79. The van der Waals surface area contributed by atoms with Crippen LogP contribution in [0.3, 0.4) is 0 Å². The molecule has 4 atom stereocenters. The lowest BCUT2D eigenvalue weighted by Gasteiger charge is -2.23. The molecule has 0 aliphatic carbocycles. The van der Waals surface area contributed by atoms with Crippen molar-refractivity contribution in [3.8, 4) is 0 Å². The van der Waals surface area contributed by atoms with Crippen molar-refractivity contribution in [3.63, 3.8) is 0 Å². The number of benzene rings is 2. The Kier molecular flexibility index (Phi) is 6.41. The predicted octanol–water partition coefficient (Wildman–Crippen LogP) is 2.16. The summed E-state index contributed by atoms with van der Waals surface area (Å²) in [6, 6.07) is 13.3. The number of rotatable bonds is 6. The van der Waals surface area contributed by atoms with Gasteiger partial charge in [-0.25, -0.2) is 9.58 Å². The Balaban J connectivity index is 1.61. The average molecular weight is 521 g/mol. The number of amides is 2. The van der Waals surface area contributed by atoms with Crippen LogP contribution in [0.5, 0.6) is 0 Å². The first-order valence-electron chi connectivity index (χ1n) is 11.8. The zero-order valence-corrected chi connectivity index (χ0v) is 20.7. The van der Waals surface area contributed by atoms with Gasteiger partial charge in [0.1, 0.15) is 12.7 Å². The fourth-order valence-electron chi connectivity index (χ4n) is 4.70. The molecule has 2 aliphatic rings. The normalized spacial score (nSPS) is 22.4. The third-order valence-corrected chi connectivity index (χ3v) is 6.18. The molecule has 0 N–H and O–H groups in total. The number of hydrogen-bond acceptors (Lipinski definition) is 10. The van der Waals surface area contributed by atoms with Crippen molar-refractivity contribution < 1.29 is 42.9 Å². The Labute approximate surface area is 216 Å². The van der Waals surface area contributed by atoms with Crippen LogP contribution in [0.15, 0.2) is 48.5 Å². The van der Waals surface area contributed by atoms with E-state index in [4.69, 9.17) is 18.9 Å². The highest BCUT2D eigenvalue weighted by Crippen LogP contribution is 2.39. The number of ether oxygens (including phenoxy) is 4. The molecular formula is C26H23N3O9. The van der Waals surface area contributed by atoms with E-state index in [0.717, 1.165) is 4.90 Å². The van der Waals surface area contributed by atoms with Gasteiger partial charge in [-0.2, -0.15) is 5.10 Å². The van der Waals surface area contributed by atoms with E-state index in [2.05, 4.69) is 5.10 Å². The highest BCUT2D eigenvalue weighted by Gasteiger charge is 2.52. The summed E-state index contributed by atoms with van der Waals surface area (Å²) in [4.78, 5) is 62.8. The highest BCUT2D eigenvalue weighted by molar-refractivity contribution is 6.35. The van der Waals surface area contributed by atoms with Gasteiger partial charge < -0.3 is 18.9 Å². The molecule has 5 rings (SSSR count). The molecule has 38 heavy (non-hydrogen) atoms. The second-order valence-electron chi connectivity index (χ2n) is 8.79. The maximum atomic E-state index is 13.2. The van der Waals surface area contributed by atoms with Crippen LogP contribution in [0.1, 0.15) is 47.7 Å². The van der Waals surface area contributed by atoms with Crippen molar-refractivity contribution in [1.82, 2.24) is 9.78 Å². The molecule has 12 heteroatoms. The molecule has 3 aromatic rings. The maximum Gasteiger partial charge on any atom is 0.303 e. The van der Waals surface area contributed by atoms with Gasteiger partial charge in [0.2, 0.25) is 0 Å². The van der Waals surface area contributed by atoms with Gasteiger partial charge in [-0.05, 0) is 24.3 Å². The number of anilines is 1. The molecule has 12 nitrogen and oxygen atoms in total. The van der Waals surface area contributed by atoms with Crippen LogP contribution in [0, 0.1) is 0 Å². The Morgan fingerprint density at radius 2 is 1.42 bits per heavy atom. The summed E-state index contributed by atoms with van der Waals surface area (Å²) >= 11 is 0. The molecule has 0 saturated carbocycles. The van der Waals surface area contributed by atoms with Crippen LogP contribution in [0.4, 0.5) is 5.82 Å². The molecule has 0 radical (unpaired) electrons. The minimum absolute atomic E-state index is 0.0597. The average Bonchev–Trinajstić information content (AvgIpc) is 3.48. The van der Waals surface area contributed by atoms with Gasteiger partial charge in [0.25, 0.3) is 11.8 Å². The van der Waals surface area contributed by atoms with E-state index in [9.17, 15) is 24.0 Å². The summed E-state index contributed by atoms with van der Waals surface area (Å²) in [5.74, 6) is -2.93. The Morgan fingerprint density at radius 1 is 0.842 bits per heavy atom. The Bertz CT molecular complexity index is 1440. The molecule has 2 aromatic carbocycles. The van der Waals surface area contributed by atoms with E-state index in [1.807, 2.05) is 0 Å². The first-order valence-corrected chi connectivity index (χ1v) is 11.8. The SMILES string of the molecule is CC(=O)OCC1OC(n2nc(N3C(=O)c4ccccc4C3=O)c3ccccc32)C(OC(C)=O)C1OC(C)=O. The minimum Gasteiger partial charge on any atom is -0.463 e. The maximum absolute atomic E-state index is 13.2. The summed E-state index contributed by atoms with van der Waals surface area (Å²) in [6.45, 7) is 3.30. The first-order chi connectivity index (χ1) is 18.2. The van der Waals surface area contributed by atoms with Crippen molar-refractivity contribution in [1.29, 1.82) is 0 Å². The monoisotopic (exact) mass is 521 g/mol. The number of imide groups is 1. The fraction of sp³-hybridized carbons (Fsp3) is 0.308. The lowest BCUT2D eigenvalue weighted by molar-refractivity contribution is -0.166. The lowest BCUT2D eigenvalue weighted by Crippen LogP contribution is -2.40. The molecule has 196 valence electrons. The fourth-order valence-corrected chi connectivity index (χ4v) is 4.70. The van der Waals surface area contributed by atoms with Crippen LogP contribution < -0.4 is 4.90 Å². The standard InChI is InChI=1S/C26H23N3O9/c1-13(30)35-12-20-21(36-14(2)31)22(37-15(3)32)26(38-20)29-19-11-7-6-10-18(19)23(27-29)28-24(33)16-8-4-5-9-17(16)25(28)34/h4-11,20-22,26H,12H2,1-3H3. The molecule has 4 unspecified atom stereocenters. The third kappa shape index (κ3) is 4.28. The number of hydrogen-bond donors (Lipinski definition) is 0. The van der Waals surface area contributed by atoms with Gasteiger partial charge in [0.15, 0.2) is 24.3 Å². The number of carbonyl (C=O) groups is 5. The van der Waals surface area contributed by atoms with E-state index in [1.54, 1.807) is 48.5 Å². The Morgan fingerprint density at radius 3 is 2.03 bits per heavy atom. The summed E-state index contributed by atoms with van der Waals surface area (Å²) in [6.07, 6.45) is -4.47. The number of esters is 3. The highest BCUT2D eigenvalue weighted by atomic mass is 16.7. The van der Waals surface area contributed by atoms with Gasteiger partial charge in [-0.3, -0.25) is 24.0 Å². The predicted molar refractivity (Wildman–Crippen MR) is 129 cm³/mol. The van der Waals surface area contributed by atoms with Crippen LogP contribution in [-0.4, -0.2) is 64.4 Å². The molecular weight excluding hydrogens is 498 g/mol. The summed E-state index contributed by atoms with van der Waals surface area (Å²) < 4.78 is 23.5. The third-order valence-electron chi connectivity index (χ3n) is 6.18. The second kappa shape index (κ2) is 9.71. The zero-order chi connectivity index (χ0) is 27.1. The van der Waals surface area contributed by atoms with Crippen molar-refractivity contribution in [2.24, 2.45) is 0 Å². The Hall–Kier alpha value is -4.58. The molecule has 1 fully saturated rings. The van der Waals surface area contributed by atoms with Gasteiger partial charge in [0, 0.05) is 26.2 Å². The quantitative estimate of drug-likeness (QED) is 0.269. The number of nitrogens with zero attached hydrogens (tertiary/aromatic N) is 3. The van der Waals surface area contributed by atoms with Crippen LogP contribution in [-0.2, 0) is 33.3 Å². The van der Waals surface area contributed by atoms with Crippen molar-refractivity contribution in [2.45, 2.75) is 45.3 Å². The van der Waals surface area contributed by atoms with Gasteiger partial charge in [-0.1, -0.05) is 24.3 Å². The van der Waals surface area contributed by atoms with Crippen molar-refractivity contribution in [3.05, 3.63) is 59.7 Å². The number of fused-ring (bicyclic) bond motifs is 2. The van der Waals surface area contributed by atoms with Crippen LogP contribution >= 0.6 is 0 Å². The zero-order valence-electron chi connectivity index (χ0n) is 20.7. The molecule has 2 amide bonds. The molecule has 0 bridgehead atoms. The number of para-hydroxylation sites is 1. The summed E-state index contributed by atoms with van der Waals surface area (Å²) in [7, 11) is 0. The van der Waals surface area contributed by atoms with Gasteiger partial charge in [0.05, 0.1) is 16.6 Å². The molecule has 3 heterocycles. The van der Waals surface area contributed by atoms with E-state index < -0.39 is 54.3 Å². The van der Waals surface area contributed by atoms with Crippen LogP contribution in [0.25, 0.3) is 10.9 Å². The lowest BCUT2D eigenvalue weighted by atomic mass is 10.1. The van der Waals surface area contributed by atoms with E-state index in [-0.39, 0.29) is 23.6 Å². The summed E-state index contributed by atoms with van der Waals surface area (Å²) in [5, 5.41) is 5.03. The molecule has 1 aromatic heterocycles. The van der Waals surface area contributed by atoms with Crippen molar-refractivity contribution >= 4 is 46.4 Å². The smallest absolute Gasteiger partial charge is 0.303 e.